The lowest BCUT2D eigenvalue weighted by molar-refractivity contribution is -0.0559. The lowest BCUT2D eigenvalue weighted by atomic mass is 10.2. The van der Waals surface area contributed by atoms with Crippen LogP contribution in [0.1, 0.15) is 24.2 Å². The van der Waals surface area contributed by atoms with E-state index in [9.17, 15) is 4.79 Å². The van der Waals surface area contributed by atoms with Crippen LogP contribution in [0.15, 0.2) is 53.9 Å². The monoisotopic (exact) mass is 344 g/mol. The summed E-state index contributed by atoms with van der Waals surface area (Å²) in [4.78, 5) is 19.5. The molecule has 2 aromatic rings. The molecule has 25 heavy (non-hydrogen) atoms. The zero-order valence-corrected chi connectivity index (χ0v) is 13.8. The maximum absolute atomic E-state index is 10.6. The number of ether oxygens (including phenoxy) is 1. The first-order valence-corrected chi connectivity index (χ1v) is 7.64. The smallest absolute Gasteiger partial charge is 0.338 e. The van der Waals surface area contributed by atoms with Crippen molar-refractivity contribution in [1.29, 1.82) is 0 Å². The summed E-state index contributed by atoms with van der Waals surface area (Å²) < 4.78 is 5.87. The molecule has 2 amide bonds. The van der Waals surface area contributed by atoms with E-state index in [1.807, 2.05) is 43.3 Å². The molecule has 0 aliphatic carbocycles. The maximum atomic E-state index is 10.6. The van der Waals surface area contributed by atoms with Crippen LogP contribution in [-0.2, 0) is 4.84 Å². The van der Waals surface area contributed by atoms with Crippen molar-refractivity contribution in [2.45, 2.75) is 13.0 Å². The summed E-state index contributed by atoms with van der Waals surface area (Å²) in [6.07, 6.45) is 4.89. The maximum Gasteiger partial charge on any atom is 0.338 e. The van der Waals surface area contributed by atoms with E-state index in [-0.39, 0.29) is 19.3 Å². The van der Waals surface area contributed by atoms with Crippen molar-refractivity contribution in [2.75, 3.05) is 13.2 Å². The van der Waals surface area contributed by atoms with Gasteiger partial charge in [0.2, 0.25) is 0 Å². The highest BCUT2D eigenvalue weighted by atomic mass is 16.6. The standard InChI is InChI=1S/C17H20N4O4/c1-13(15-6-8-19-9-7-15)25-16-4-2-14(3-5-16)12-20-24-11-10-21(23)17(18)22/h2-9,12-13,23H,10-11H2,1H3,(H2,18,22)/b20-12+. The Kier molecular flexibility index (Phi) is 6.73. The van der Waals surface area contributed by atoms with Gasteiger partial charge in [0.15, 0.2) is 0 Å². The Hall–Kier alpha value is -3.13. The van der Waals surface area contributed by atoms with Gasteiger partial charge >= 0.3 is 6.03 Å². The molecule has 132 valence electrons. The van der Waals surface area contributed by atoms with Gasteiger partial charge in [0.1, 0.15) is 18.5 Å². The molecule has 1 aromatic heterocycles. The van der Waals surface area contributed by atoms with Crippen molar-refractivity contribution >= 4 is 12.2 Å². The SMILES string of the molecule is CC(Oc1ccc(/C=N/OCCN(O)C(N)=O)cc1)c1ccncc1. The third-order valence-electron chi connectivity index (χ3n) is 3.29. The topological polar surface area (TPSA) is 110 Å². The number of pyridine rings is 1. The van der Waals surface area contributed by atoms with Crippen LogP contribution in [0.2, 0.25) is 0 Å². The van der Waals surface area contributed by atoms with E-state index in [2.05, 4.69) is 10.1 Å². The van der Waals surface area contributed by atoms with Crippen LogP contribution >= 0.6 is 0 Å². The third-order valence-corrected chi connectivity index (χ3v) is 3.29. The highest BCUT2D eigenvalue weighted by molar-refractivity contribution is 5.79. The molecule has 0 bridgehead atoms. The van der Waals surface area contributed by atoms with E-state index < -0.39 is 6.03 Å². The fraction of sp³-hybridized carbons (Fsp3) is 0.235. The summed E-state index contributed by atoms with van der Waals surface area (Å²) >= 11 is 0. The number of aromatic nitrogens is 1. The molecule has 3 N–H and O–H groups in total. The Morgan fingerprint density at radius 1 is 1.32 bits per heavy atom. The van der Waals surface area contributed by atoms with E-state index >= 15 is 0 Å². The van der Waals surface area contributed by atoms with E-state index in [4.69, 9.17) is 20.5 Å². The van der Waals surface area contributed by atoms with Crippen molar-refractivity contribution in [3.05, 3.63) is 59.9 Å². The molecule has 0 aliphatic rings. The van der Waals surface area contributed by atoms with Gasteiger partial charge in [-0.25, -0.2) is 9.86 Å². The Morgan fingerprint density at radius 3 is 2.64 bits per heavy atom. The van der Waals surface area contributed by atoms with Gasteiger partial charge in [0.25, 0.3) is 0 Å². The molecule has 0 fully saturated rings. The highest BCUT2D eigenvalue weighted by Crippen LogP contribution is 2.21. The number of carbonyl (C=O) groups excluding carboxylic acids is 1. The average Bonchev–Trinajstić information content (AvgIpc) is 2.63. The quantitative estimate of drug-likeness (QED) is 0.330. The molecule has 0 saturated heterocycles. The largest absolute Gasteiger partial charge is 0.486 e. The summed E-state index contributed by atoms with van der Waals surface area (Å²) in [5, 5.41) is 13.1. The number of urea groups is 1. The fourth-order valence-electron chi connectivity index (χ4n) is 1.93. The number of hydroxylamine groups is 2. The van der Waals surface area contributed by atoms with Gasteiger partial charge in [0.05, 0.1) is 12.8 Å². The van der Waals surface area contributed by atoms with Crippen LogP contribution < -0.4 is 10.5 Å². The highest BCUT2D eigenvalue weighted by Gasteiger charge is 2.06. The Bertz CT molecular complexity index is 692. The minimum Gasteiger partial charge on any atom is -0.486 e. The van der Waals surface area contributed by atoms with Crippen LogP contribution in [0.4, 0.5) is 4.79 Å². The van der Waals surface area contributed by atoms with Gasteiger partial charge in [-0.2, -0.15) is 0 Å². The zero-order valence-electron chi connectivity index (χ0n) is 13.8. The number of nitrogens with zero attached hydrogens (tertiary/aromatic N) is 3. The van der Waals surface area contributed by atoms with Gasteiger partial charge < -0.3 is 15.3 Å². The van der Waals surface area contributed by atoms with E-state index in [1.165, 1.54) is 6.21 Å². The summed E-state index contributed by atoms with van der Waals surface area (Å²) in [6, 6.07) is 10.2. The molecule has 2 rings (SSSR count). The number of primary amides is 1. The zero-order chi connectivity index (χ0) is 18.1. The van der Waals surface area contributed by atoms with Crippen LogP contribution in [0.5, 0.6) is 5.75 Å². The molecule has 8 nitrogen and oxygen atoms in total. The molecule has 1 atom stereocenters. The summed E-state index contributed by atoms with van der Waals surface area (Å²) in [5.41, 5.74) is 6.72. The summed E-state index contributed by atoms with van der Waals surface area (Å²) in [6.45, 7) is 1.93. The van der Waals surface area contributed by atoms with Crippen molar-refractivity contribution in [2.24, 2.45) is 10.9 Å². The van der Waals surface area contributed by atoms with Crippen molar-refractivity contribution in [3.63, 3.8) is 0 Å². The minimum atomic E-state index is -0.941. The van der Waals surface area contributed by atoms with Crippen LogP contribution in [-0.4, -0.2) is 40.7 Å². The molecule has 0 spiro atoms. The number of hydrogen-bond acceptors (Lipinski definition) is 6. The number of nitrogens with two attached hydrogens (primary N) is 1. The first-order valence-electron chi connectivity index (χ1n) is 7.64. The van der Waals surface area contributed by atoms with Gasteiger partial charge in [-0.1, -0.05) is 5.16 Å². The normalized spacial score (nSPS) is 11.9. The molecular formula is C17H20N4O4. The number of rotatable bonds is 8. The number of hydrogen-bond donors (Lipinski definition) is 2. The predicted octanol–water partition coefficient (Wildman–Crippen LogP) is 2.34. The lowest BCUT2D eigenvalue weighted by Gasteiger charge is -2.14. The van der Waals surface area contributed by atoms with E-state index in [0.717, 1.165) is 16.9 Å². The summed E-state index contributed by atoms with van der Waals surface area (Å²) in [7, 11) is 0. The molecule has 8 heteroatoms. The van der Waals surface area contributed by atoms with E-state index in [0.29, 0.717) is 5.06 Å². The van der Waals surface area contributed by atoms with E-state index in [1.54, 1.807) is 12.4 Å². The molecule has 0 saturated carbocycles. The second-order valence-corrected chi connectivity index (χ2v) is 5.14. The second kappa shape index (κ2) is 9.24. The van der Waals surface area contributed by atoms with Gasteiger partial charge in [0, 0.05) is 12.4 Å². The van der Waals surface area contributed by atoms with Gasteiger partial charge in [-0.15, -0.1) is 0 Å². The fourth-order valence-corrected chi connectivity index (χ4v) is 1.93. The Morgan fingerprint density at radius 2 is 2.00 bits per heavy atom. The van der Waals surface area contributed by atoms with Crippen molar-refractivity contribution in [1.82, 2.24) is 10.0 Å². The number of amides is 2. The molecule has 0 radical (unpaired) electrons. The minimum absolute atomic E-state index is 0.0284. The third kappa shape index (κ3) is 6.11. The molecular weight excluding hydrogens is 324 g/mol. The lowest BCUT2D eigenvalue weighted by Crippen LogP contribution is -2.34. The van der Waals surface area contributed by atoms with Gasteiger partial charge in [-0.05, 0) is 54.4 Å². The molecule has 1 heterocycles. The van der Waals surface area contributed by atoms with Crippen LogP contribution in [0, 0.1) is 0 Å². The van der Waals surface area contributed by atoms with Crippen LogP contribution in [0.25, 0.3) is 0 Å². The van der Waals surface area contributed by atoms with Gasteiger partial charge in [-0.3, -0.25) is 10.2 Å². The Labute approximate surface area is 145 Å². The van der Waals surface area contributed by atoms with Crippen LogP contribution in [0.3, 0.4) is 0 Å². The van der Waals surface area contributed by atoms with Crippen molar-refractivity contribution < 1.29 is 19.6 Å². The molecule has 1 unspecified atom stereocenters. The average molecular weight is 344 g/mol. The Balaban J connectivity index is 1.79. The number of benzene rings is 1. The number of carbonyl (C=O) groups is 1. The first kappa shape index (κ1) is 18.2. The molecule has 0 aliphatic heterocycles. The summed E-state index contributed by atoms with van der Waals surface area (Å²) in [5.74, 6) is 0.736. The second-order valence-electron chi connectivity index (χ2n) is 5.14. The first-order chi connectivity index (χ1) is 12.1. The predicted molar refractivity (Wildman–Crippen MR) is 91.3 cm³/mol. The number of oxime groups is 1. The molecule has 1 aromatic carbocycles. The van der Waals surface area contributed by atoms with Crippen molar-refractivity contribution in [3.8, 4) is 5.75 Å².